The number of benzene rings is 2. The number of hydrogen-bond acceptors (Lipinski definition) is 7. The minimum absolute atomic E-state index is 0.00741. The zero-order valence-electron chi connectivity index (χ0n) is 13.2. The molecule has 3 aromatic rings. The lowest BCUT2D eigenvalue weighted by molar-refractivity contribution is -0.385. The Bertz CT molecular complexity index is 1040. The normalized spacial score (nSPS) is 13.2. The van der Waals surface area contributed by atoms with E-state index < -0.39 is 22.4 Å². The lowest BCUT2D eigenvalue weighted by Gasteiger charge is -2.09. The molecule has 0 saturated carbocycles. The number of hydrogen-bond donors (Lipinski definition) is 0. The van der Waals surface area contributed by atoms with Gasteiger partial charge in [-0.05, 0) is 6.07 Å². The number of rotatable bonds is 4. The van der Waals surface area contributed by atoms with E-state index in [1.165, 1.54) is 18.2 Å². The van der Waals surface area contributed by atoms with Crippen molar-refractivity contribution in [3.63, 3.8) is 0 Å². The molecule has 2 amide bonds. The number of carbonyl (C=O) groups is 2. The fourth-order valence-corrected chi connectivity index (χ4v) is 2.77. The molecule has 0 saturated heterocycles. The van der Waals surface area contributed by atoms with Crippen LogP contribution in [0.3, 0.4) is 0 Å². The van der Waals surface area contributed by atoms with Gasteiger partial charge in [0.1, 0.15) is 12.1 Å². The Kier molecular flexibility index (Phi) is 3.54. The molecule has 1 aromatic heterocycles. The molecule has 0 aliphatic carbocycles. The number of nitrogens with zero attached hydrogens (tertiary/aromatic N) is 4. The van der Waals surface area contributed by atoms with Gasteiger partial charge < -0.3 is 4.52 Å². The number of carbonyl (C=O) groups excluding carboxylic acids is 2. The van der Waals surface area contributed by atoms with Crippen molar-refractivity contribution in [2.45, 2.75) is 6.54 Å². The van der Waals surface area contributed by atoms with Crippen molar-refractivity contribution >= 4 is 17.5 Å². The van der Waals surface area contributed by atoms with Crippen LogP contribution in [0.25, 0.3) is 11.4 Å². The Morgan fingerprint density at radius 1 is 1.04 bits per heavy atom. The summed E-state index contributed by atoms with van der Waals surface area (Å²) in [6, 6.07) is 13.0. The number of imide groups is 1. The van der Waals surface area contributed by atoms with Gasteiger partial charge in [-0.3, -0.25) is 24.6 Å². The van der Waals surface area contributed by atoms with Gasteiger partial charge in [-0.1, -0.05) is 41.6 Å². The van der Waals surface area contributed by atoms with Gasteiger partial charge in [0, 0.05) is 11.6 Å². The Hall–Kier alpha value is -3.88. The molecule has 0 N–H and O–H groups in total. The van der Waals surface area contributed by atoms with Crippen LogP contribution < -0.4 is 0 Å². The van der Waals surface area contributed by atoms with Crippen LogP contribution in [0.5, 0.6) is 0 Å². The number of aromatic nitrogens is 2. The quantitative estimate of drug-likeness (QED) is 0.402. The van der Waals surface area contributed by atoms with Crippen LogP contribution in [0.15, 0.2) is 53.1 Å². The molecular weight excluding hydrogens is 340 g/mol. The van der Waals surface area contributed by atoms with Crippen LogP contribution in [0.2, 0.25) is 0 Å². The van der Waals surface area contributed by atoms with E-state index >= 15 is 0 Å². The maximum Gasteiger partial charge on any atom is 0.282 e. The van der Waals surface area contributed by atoms with Crippen LogP contribution in [-0.2, 0) is 6.54 Å². The van der Waals surface area contributed by atoms with Gasteiger partial charge in [-0.25, -0.2) is 0 Å². The van der Waals surface area contributed by atoms with E-state index in [9.17, 15) is 19.7 Å². The lowest BCUT2D eigenvalue weighted by atomic mass is 10.1. The Morgan fingerprint density at radius 3 is 2.54 bits per heavy atom. The van der Waals surface area contributed by atoms with E-state index in [1.54, 1.807) is 12.1 Å². The molecule has 9 nitrogen and oxygen atoms in total. The molecule has 1 aliphatic heterocycles. The zero-order chi connectivity index (χ0) is 18.3. The third kappa shape index (κ3) is 2.42. The van der Waals surface area contributed by atoms with Crippen LogP contribution in [0, 0.1) is 10.1 Å². The van der Waals surface area contributed by atoms with Crippen LogP contribution in [-0.4, -0.2) is 31.8 Å². The topological polar surface area (TPSA) is 119 Å². The van der Waals surface area contributed by atoms with Gasteiger partial charge >= 0.3 is 0 Å². The SMILES string of the molecule is O=C1c2cccc([N+](=O)[O-])c2C(=O)N1Cc1nc(-c2ccccc2)no1. The third-order valence-corrected chi connectivity index (χ3v) is 3.97. The number of nitro groups is 1. The second kappa shape index (κ2) is 5.88. The molecule has 2 heterocycles. The minimum Gasteiger partial charge on any atom is -0.337 e. The molecule has 9 heteroatoms. The molecule has 0 spiro atoms. The highest BCUT2D eigenvalue weighted by molar-refractivity contribution is 6.23. The van der Waals surface area contributed by atoms with Gasteiger partial charge in [0.25, 0.3) is 17.5 Å². The van der Waals surface area contributed by atoms with Gasteiger partial charge in [0.15, 0.2) is 0 Å². The van der Waals surface area contributed by atoms with Crippen LogP contribution in [0.4, 0.5) is 5.69 Å². The Labute approximate surface area is 146 Å². The molecule has 2 aromatic carbocycles. The maximum atomic E-state index is 12.5. The second-order valence-electron chi connectivity index (χ2n) is 5.53. The Morgan fingerprint density at radius 2 is 1.81 bits per heavy atom. The molecule has 0 atom stereocenters. The van der Waals surface area contributed by atoms with E-state index in [4.69, 9.17) is 4.52 Å². The largest absolute Gasteiger partial charge is 0.337 e. The van der Waals surface area contributed by atoms with Crippen LogP contribution >= 0.6 is 0 Å². The summed E-state index contributed by atoms with van der Waals surface area (Å²) in [5.41, 5.74) is 0.0941. The fraction of sp³-hybridized carbons (Fsp3) is 0.0588. The van der Waals surface area contributed by atoms with Gasteiger partial charge in [-0.2, -0.15) is 4.98 Å². The summed E-state index contributed by atoms with van der Waals surface area (Å²) in [7, 11) is 0. The highest BCUT2D eigenvalue weighted by atomic mass is 16.6. The van der Waals surface area contributed by atoms with Crippen LogP contribution in [0.1, 0.15) is 26.6 Å². The average Bonchev–Trinajstić information content (AvgIpc) is 3.22. The lowest BCUT2D eigenvalue weighted by Crippen LogP contribution is -2.29. The minimum atomic E-state index is -0.753. The van der Waals surface area contributed by atoms with Gasteiger partial charge in [0.05, 0.1) is 10.5 Å². The number of fused-ring (bicyclic) bond motifs is 1. The average molecular weight is 350 g/mol. The molecule has 128 valence electrons. The highest BCUT2D eigenvalue weighted by Crippen LogP contribution is 2.31. The first kappa shape index (κ1) is 15.6. The standard InChI is InChI=1S/C17H10N4O5/c22-16-11-7-4-8-12(21(24)25)14(11)17(23)20(16)9-13-18-15(19-26-13)10-5-2-1-3-6-10/h1-8H,9H2. The predicted octanol–water partition coefficient (Wildman–Crippen LogP) is 2.44. The van der Waals surface area contributed by atoms with Crippen molar-refractivity contribution in [2.24, 2.45) is 0 Å². The van der Waals surface area contributed by atoms with Crippen molar-refractivity contribution in [1.82, 2.24) is 15.0 Å². The summed E-state index contributed by atoms with van der Waals surface area (Å²) in [5, 5.41) is 15.0. The van der Waals surface area contributed by atoms with E-state index in [0.29, 0.717) is 5.82 Å². The summed E-state index contributed by atoms with van der Waals surface area (Å²) in [6.07, 6.45) is 0. The first-order valence-corrected chi connectivity index (χ1v) is 7.58. The fourth-order valence-electron chi connectivity index (χ4n) is 2.77. The van der Waals surface area contributed by atoms with Crippen molar-refractivity contribution in [3.05, 3.63) is 75.7 Å². The summed E-state index contributed by atoms with van der Waals surface area (Å²) in [6.45, 7) is -0.261. The third-order valence-electron chi connectivity index (χ3n) is 3.97. The van der Waals surface area contributed by atoms with Gasteiger partial charge in [-0.15, -0.1) is 0 Å². The molecule has 0 unspecified atom stereocenters. The van der Waals surface area contributed by atoms with E-state index in [0.717, 1.165) is 10.5 Å². The molecule has 26 heavy (non-hydrogen) atoms. The summed E-state index contributed by atoms with van der Waals surface area (Å²) < 4.78 is 5.11. The zero-order valence-corrected chi connectivity index (χ0v) is 13.2. The Balaban J connectivity index is 1.63. The number of amides is 2. The summed E-state index contributed by atoms with van der Waals surface area (Å²) in [5.74, 6) is -1.01. The molecular formula is C17H10N4O5. The van der Waals surface area contributed by atoms with E-state index in [1.807, 2.05) is 18.2 Å². The molecule has 1 aliphatic rings. The summed E-state index contributed by atoms with van der Waals surface area (Å²) >= 11 is 0. The van der Waals surface area contributed by atoms with E-state index in [-0.39, 0.29) is 23.6 Å². The van der Waals surface area contributed by atoms with Crippen molar-refractivity contribution in [1.29, 1.82) is 0 Å². The predicted molar refractivity (Wildman–Crippen MR) is 87.0 cm³/mol. The van der Waals surface area contributed by atoms with Crippen molar-refractivity contribution < 1.29 is 19.0 Å². The molecule has 0 bridgehead atoms. The monoisotopic (exact) mass is 350 g/mol. The number of nitro benzene ring substituents is 1. The van der Waals surface area contributed by atoms with Crippen molar-refractivity contribution in [2.75, 3.05) is 0 Å². The molecule has 4 rings (SSSR count). The maximum absolute atomic E-state index is 12.5. The second-order valence-corrected chi connectivity index (χ2v) is 5.53. The highest BCUT2D eigenvalue weighted by Gasteiger charge is 2.41. The summed E-state index contributed by atoms with van der Waals surface area (Å²) in [4.78, 5) is 40.5. The van der Waals surface area contributed by atoms with Crippen molar-refractivity contribution in [3.8, 4) is 11.4 Å². The first-order chi connectivity index (χ1) is 12.6. The smallest absolute Gasteiger partial charge is 0.282 e. The molecule has 0 radical (unpaired) electrons. The molecule has 0 fully saturated rings. The van der Waals surface area contributed by atoms with Gasteiger partial charge in [0.2, 0.25) is 11.7 Å². The van der Waals surface area contributed by atoms with E-state index in [2.05, 4.69) is 10.1 Å². The first-order valence-electron chi connectivity index (χ1n) is 7.58.